The number of hydrogen-bond donors (Lipinski definition) is 2. The van der Waals surface area contributed by atoms with Gasteiger partial charge in [-0.1, -0.05) is 37.3 Å². The van der Waals surface area contributed by atoms with Crippen LogP contribution >= 0.6 is 0 Å². The number of piperidine rings is 2. The number of carbonyl (C=O) groups is 1. The van der Waals surface area contributed by atoms with Crippen LogP contribution in [-0.4, -0.2) is 43.5 Å². The van der Waals surface area contributed by atoms with Gasteiger partial charge in [-0.3, -0.25) is 9.69 Å². The number of rotatable bonds is 7. The summed E-state index contributed by atoms with van der Waals surface area (Å²) in [6.07, 6.45) is 5.57. The number of nitrogens with zero attached hydrogens (tertiary/aromatic N) is 1. The van der Waals surface area contributed by atoms with E-state index in [9.17, 15) is 4.79 Å². The van der Waals surface area contributed by atoms with E-state index in [4.69, 9.17) is 0 Å². The Morgan fingerprint density at radius 1 is 1.23 bits per heavy atom. The molecule has 2 aliphatic rings. The average Bonchev–Trinajstić information content (AvgIpc) is 2.69. The molecule has 1 aromatic carbocycles. The van der Waals surface area contributed by atoms with E-state index in [1.165, 1.54) is 31.2 Å². The Kier molecular flexibility index (Phi) is 7.51. The van der Waals surface area contributed by atoms with E-state index in [1.54, 1.807) is 0 Å². The highest BCUT2D eigenvalue weighted by Gasteiger charge is 2.23. The van der Waals surface area contributed by atoms with E-state index in [1.807, 2.05) is 0 Å². The molecule has 2 unspecified atom stereocenters. The van der Waals surface area contributed by atoms with Crippen LogP contribution < -0.4 is 10.6 Å². The summed E-state index contributed by atoms with van der Waals surface area (Å²) in [6, 6.07) is 10.7. The molecular weight excluding hydrogens is 322 g/mol. The summed E-state index contributed by atoms with van der Waals surface area (Å²) < 4.78 is 0. The summed E-state index contributed by atoms with van der Waals surface area (Å²) in [5, 5.41) is 6.67. The van der Waals surface area contributed by atoms with Crippen molar-refractivity contribution in [3.63, 3.8) is 0 Å². The second-order valence-corrected chi connectivity index (χ2v) is 8.30. The minimum atomic E-state index is 0.245. The molecule has 1 aromatic rings. The molecule has 2 N–H and O–H groups in total. The van der Waals surface area contributed by atoms with Crippen molar-refractivity contribution in [3.8, 4) is 0 Å². The fraction of sp³-hybridized carbons (Fsp3) is 0.682. The zero-order chi connectivity index (χ0) is 18.2. The van der Waals surface area contributed by atoms with Gasteiger partial charge in [-0.05, 0) is 75.2 Å². The Morgan fingerprint density at radius 3 is 2.69 bits per heavy atom. The fourth-order valence-corrected chi connectivity index (χ4v) is 4.34. The van der Waals surface area contributed by atoms with Crippen LogP contribution in [0.4, 0.5) is 0 Å². The highest BCUT2D eigenvalue weighted by atomic mass is 16.1. The highest BCUT2D eigenvalue weighted by molar-refractivity contribution is 5.76. The smallest absolute Gasteiger partial charge is 0.220 e. The minimum absolute atomic E-state index is 0.245. The van der Waals surface area contributed by atoms with Crippen molar-refractivity contribution >= 4 is 5.91 Å². The lowest BCUT2D eigenvalue weighted by atomic mass is 9.85. The predicted molar refractivity (Wildman–Crippen MR) is 107 cm³/mol. The molecule has 2 atom stereocenters. The molecule has 0 saturated carbocycles. The minimum Gasteiger partial charge on any atom is -0.356 e. The summed E-state index contributed by atoms with van der Waals surface area (Å²) in [6.45, 7) is 8.63. The summed E-state index contributed by atoms with van der Waals surface area (Å²) in [5.74, 6) is 2.03. The molecule has 0 radical (unpaired) electrons. The summed E-state index contributed by atoms with van der Waals surface area (Å²) in [5.41, 5.74) is 1.39. The van der Waals surface area contributed by atoms with Crippen molar-refractivity contribution in [1.29, 1.82) is 0 Å². The van der Waals surface area contributed by atoms with E-state index in [2.05, 4.69) is 52.8 Å². The van der Waals surface area contributed by atoms with Gasteiger partial charge in [-0.25, -0.2) is 0 Å². The van der Waals surface area contributed by atoms with Crippen LogP contribution in [0.1, 0.15) is 44.6 Å². The molecular formula is C22H35N3O. The molecule has 2 saturated heterocycles. The maximum atomic E-state index is 12.3. The van der Waals surface area contributed by atoms with Crippen LogP contribution in [0, 0.1) is 17.8 Å². The lowest BCUT2D eigenvalue weighted by molar-refractivity contribution is -0.122. The van der Waals surface area contributed by atoms with Crippen LogP contribution in [0.2, 0.25) is 0 Å². The molecule has 26 heavy (non-hydrogen) atoms. The first kappa shape index (κ1) is 19.4. The number of amides is 1. The van der Waals surface area contributed by atoms with Crippen LogP contribution in [0.3, 0.4) is 0 Å². The standard InChI is InChI=1S/C22H35N3O/c1-18(21-8-5-11-23-16-21)14-22(26)24-15-19-9-12-25(13-10-19)17-20-6-3-2-4-7-20/h2-4,6-7,18-19,21,23H,5,8-17H2,1H3,(H,24,26). The van der Waals surface area contributed by atoms with Crippen molar-refractivity contribution in [2.75, 3.05) is 32.7 Å². The number of hydrogen-bond acceptors (Lipinski definition) is 3. The maximum Gasteiger partial charge on any atom is 0.220 e. The molecule has 2 heterocycles. The molecule has 0 aromatic heterocycles. The van der Waals surface area contributed by atoms with Crippen LogP contribution in [0.25, 0.3) is 0 Å². The van der Waals surface area contributed by atoms with Crippen molar-refractivity contribution in [2.45, 2.75) is 45.6 Å². The van der Waals surface area contributed by atoms with E-state index < -0.39 is 0 Å². The first-order valence-corrected chi connectivity index (χ1v) is 10.4. The zero-order valence-electron chi connectivity index (χ0n) is 16.3. The zero-order valence-corrected chi connectivity index (χ0v) is 16.3. The fourth-order valence-electron chi connectivity index (χ4n) is 4.34. The van der Waals surface area contributed by atoms with Crippen LogP contribution in [0.15, 0.2) is 30.3 Å². The first-order valence-electron chi connectivity index (χ1n) is 10.4. The van der Waals surface area contributed by atoms with Crippen LogP contribution in [0.5, 0.6) is 0 Å². The van der Waals surface area contributed by atoms with Gasteiger partial charge in [0, 0.05) is 19.5 Å². The molecule has 0 bridgehead atoms. The van der Waals surface area contributed by atoms with Gasteiger partial charge in [0.25, 0.3) is 0 Å². The molecule has 1 amide bonds. The third-order valence-electron chi connectivity index (χ3n) is 6.19. The van der Waals surface area contributed by atoms with Crippen molar-refractivity contribution in [1.82, 2.24) is 15.5 Å². The molecule has 144 valence electrons. The number of nitrogens with one attached hydrogen (secondary N) is 2. The van der Waals surface area contributed by atoms with Gasteiger partial charge in [0.1, 0.15) is 0 Å². The number of benzene rings is 1. The van der Waals surface area contributed by atoms with Crippen molar-refractivity contribution in [2.24, 2.45) is 17.8 Å². The van der Waals surface area contributed by atoms with Gasteiger partial charge in [0.2, 0.25) is 5.91 Å². The molecule has 4 heteroatoms. The summed E-state index contributed by atoms with van der Waals surface area (Å²) in [7, 11) is 0. The maximum absolute atomic E-state index is 12.3. The largest absolute Gasteiger partial charge is 0.356 e. The third-order valence-corrected chi connectivity index (χ3v) is 6.19. The van der Waals surface area contributed by atoms with Gasteiger partial charge in [-0.2, -0.15) is 0 Å². The lowest BCUT2D eigenvalue weighted by Crippen LogP contribution is -2.39. The normalized spacial score (nSPS) is 23.5. The molecule has 4 nitrogen and oxygen atoms in total. The second-order valence-electron chi connectivity index (χ2n) is 8.30. The van der Waals surface area contributed by atoms with Gasteiger partial charge < -0.3 is 10.6 Å². The topological polar surface area (TPSA) is 44.4 Å². The van der Waals surface area contributed by atoms with E-state index >= 15 is 0 Å². The van der Waals surface area contributed by atoms with Gasteiger partial charge in [0.05, 0.1) is 0 Å². The number of carbonyl (C=O) groups excluding carboxylic acids is 1. The average molecular weight is 358 g/mol. The quantitative estimate of drug-likeness (QED) is 0.788. The van der Waals surface area contributed by atoms with Crippen molar-refractivity contribution < 1.29 is 4.79 Å². The highest BCUT2D eigenvalue weighted by Crippen LogP contribution is 2.23. The third kappa shape index (κ3) is 6.10. The van der Waals surface area contributed by atoms with E-state index in [0.29, 0.717) is 24.2 Å². The van der Waals surface area contributed by atoms with Gasteiger partial charge in [0.15, 0.2) is 0 Å². The van der Waals surface area contributed by atoms with Gasteiger partial charge >= 0.3 is 0 Å². The lowest BCUT2D eigenvalue weighted by Gasteiger charge is -2.32. The van der Waals surface area contributed by atoms with Gasteiger partial charge in [-0.15, -0.1) is 0 Å². The Hall–Kier alpha value is -1.39. The molecule has 3 rings (SSSR count). The summed E-state index contributed by atoms with van der Waals surface area (Å²) >= 11 is 0. The molecule has 0 spiro atoms. The SMILES string of the molecule is CC(CC(=O)NCC1CCN(Cc2ccccc2)CC1)C1CCCNC1. The molecule has 2 fully saturated rings. The Bertz CT molecular complexity index is 534. The Labute approximate surface area is 158 Å². The van der Waals surface area contributed by atoms with Crippen LogP contribution in [-0.2, 0) is 11.3 Å². The monoisotopic (exact) mass is 357 g/mol. The molecule has 2 aliphatic heterocycles. The molecule has 0 aliphatic carbocycles. The predicted octanol–water partition coefficient (Wildman–Crippen LogP) is 3.04. The Morgan fingerprint density at radius 2 is 2.00 bits per heavy atom. The van der Waals surface area contributed by atoms with E-state index in [0.717, 1.165) is 39.3 Å². The Balaban J connectivity index is 1.31. The first-order chi connectivity index (χ1) is 12.7. The van der Waals surface area contributed by atoms with E-state index in [-0.39, 0.29) is 5.91 Å². The van der Waals surface area contributed by atoms with Crippen molar-refractivity contribution in [3.05, 3.63) is 35.9 Å². The second kappa shape index (κ2) is 10.1. The number of likely N-dealkylation sites (tertiary alicyclic amines) is 1. The summed E-state index contributed by atoms with van der Waals surface area (Å²) in [4.78, 5) is 14.8.